The summed E-state index contributed by atoms with van der Waals surface area (Å²) in [5.74, 6) is 1.87. The molecule has 0 spiro atoms. The minimum atomic E-state index is 0.399. The summed E-state index contributed by atoms with van der Waals surface area (Å²) in [5.41, 5.74) is 5.94. The molecule has 0 aliphatic heterocycles. The summed E-state index contributed by atoms with van der Waals surface area (Å²) in [6.07, 6.45) is 4.87. The van der Waals surface area contributed by atoms with Gasteiger partial charge in [-0.2, -0.15) is 11.8 Å². The summed E-state index contributed by atoms with van der Waals surface area (Å²) in [6.45, 7) is 0. The molecule has 15 heavy (non-hydrogen) atoms. The van der Waals surface area contributed by atoms with Crippen molar-refractivity contribution in [2.45, 2.75) is 42.7 Å². The van der Waals surface area contributed by atoms with E-state index in [9.17, 15) is 0 Å². The van der Waals surface area contributed by atoms with E-state index < -0.39 is 0 Å². The standard InChI is InChI=1S/C11H16ClNOS/c12-11-5-4-9(14-11)7-15-10-3-1-2-8(13)6-10/h4-5,8,10H,1-3,6-7,13H2. The van der Waals surface area contributed by atoms with Crippen LogP contribution in [0.4, 0.5) is 0 Å². The fourth-order valence-electron chi connectivity index (χ4n) is 1.96. The first-order valence-electron chi connectivity index (χ1n) is 5.35. The molecule has 1 aliphatic carbocycles. The quantitative estimate of drug-likeness (QED) is 0.887. The van der Waals surface area contributed by atoms with Crippen LogP contribution in [0.5, 0.6) is 0 Å². The summed E-state index contributed by atoms with van der Waals surface area (Å²) in [7, 11) is 0. The minimum Gasteiger partial charge on any atom is -0.449 e. The van der Waals surface area contributed by atoms with Gasteiger partial charge in [0.15, 0.2) is 5.22 Å². The SMILES string of the molecule is NC1CCCC(SCc2ccc(Cl)o2)C1. The Kier molecular flexibility index (Phi) is 4.00. The first-order valence-corrected chi connectivity index (χ1v) is 6.78. The molecule has 1 aromatic heterocycles. The van der Waals surface area contributed by atoms with E-state index in [1.807, 2.05) is 17.8 Å². The van der Waals surface area contributed by atoms with E-state index >= 15 is 0 Å². The van der Waals surface area contributed by atoms with Gasteiger partial charge in [0.05, 0.1) is 5.75 Å². The Bertz CT molecular complexity index is 315. The zero-order valence-electron chi connectivity index (χ0n) is 8.62. The zero-order chi connectivity index (χ0) is 10.7. The Labute approximate surface area is 99.5 Å². The van der Waals surface area contributed by atoms with Gasteiger partial charge in [0, 0.05) is 11.3 Å². The lowest BCUT2D eigenvalue weighted by Gasteiger charge is -2.25. The number of halogens is 1. The average Bonchev–Trinajstić information content (AvgIpc) is 2.62. The second-order valence-electron chi connectivity index (χ2n) is 4.07. The number of hydrogen-bond donors (Lipinski definition) is 1. The van der Waals surface area contributed by atoms with Gasteiger partial charge >= 0.3 is 0 Å². The van der Waals surface area contributed by atoms with Crippen LogP contribution >= 0.6 is 23.4 Å². The van der Waals surface area contributed by atoms with Crippen LogP contribution < -0.4 is 5.73 Å². The van der Waals surface area contributed by atoms with Crippen molar-refractivity contribution in [3.63, 3.8) is 0 Å². The van der Waals surface area contributed by atoms with Gasteiger partial charge in [-0.05, 0) is 43.0 Å². The monoisotopic (exact) mass is 245 g/mol. The van der Waals surface area contributed by atoms with Crippen molar-refractivity contribution in [1.29, 1.82) is 0 Å². The van der Waals surface area contributed by atoms with Crippen molar-refractivity contribution < 1.29 is 4.42 Å². The number of rotatable bonds is 3. The number of hydrogen-bond acceptors (Lipinski definition) is 3. The second-order valence-corrected chi connectivity index (χ2v) is 5.73. The molecule has 0 bridgehead atoms. The van der Waals surface area contributed by atoms with Crippen LogP contribution in [0.1, 0.15) is 31.4 Å². The highest BCUT2D eigenvalue weighted by atomic mass is 35.5. The molecule has 1 aliphatic rings. The van der Waals surface area contributed by atoms with E-state index in [-0.39, 0.29) is 0 Å². The first-order chi connectivity index (χ1) is 7.24. The Hall–Kier alpha value is -0.120. The van der Waals surface area contributed by atoms with E-state index in [2.05, 4.69) is 0 Å². The first kappa shape index (κ1) is 11.4. The number of furan rings is 1. The van der Waals surface area contributed by atoms with Gasteiger partial charge in [-0.15, -0.1) is 0 Å². The van der Waals surface area contributed by atoms with Gasteiger partial charge in [0.25, 0.3) is 0 Å². The van der Waals surface area contributed by atoms with Gasteiger partial charge in [0.2, 0.25) is 0 Å². The largest absolute Gasteiger partial charge is 0.449 e. The normalized spacial score (nSPS) is 26.8. The van der Waals surface area contributed by atoms with Crippen molar-refractivity contribution >= 4 is 23.4 Å². The Morgan fingerprint density at radius 2 is 2.33 bits per heavy atom. The fraction of sp³-hybridized carbons (Fsp3) is 0.636. The molecule has 2 unspecified atom stereocenters. The van der Waals surface area contributed by atoms with Crippen LogP contribution in [0, 0.1) is 0 Å². The van der Waals surface area contributed by atoms with E-state index in [1.54, 1.807) is 6.07 Å². The molecule has 4 heteroatoms. The smallest absolute Gasteiger partial charge is 0.193 e. The van der Waals surface area contributed by atoms with Gasteiger partial charge in [0.1, 0.15) is 5.76 Å². The molecule has 1 saturated carbocycles. The third-order valence-electron chi connectivity index (χ3n) is 2.76. The topological polar surface area (TPSA) is 39.2 Å². The van der Waals surface area contributed by atoms with Crippen molar-refractivity contribution in [2.24, 2.45) is 5.73 Å². The molecule has 1 aromatic rings. The van der Waals surface area contributed by atoms with Crippen LogP contribution in [0.15, 0.2) is 16.5 Å². The summed E-state index contributed by atoms with van der Waals surface area (Å²) in [4.78, 5) is 0. The van der Waals surface area contributed by atoms with Crippen LogP contribution in [0.3, 0.4) is 0 Å². The maximum atomic E-state index is 5.94. The predicted octanol–water partition coefficient (Wildman–Crippen LogP) is 3.44. The highest BCUT2D eigenvalue weighted by molar-refractivity contribution is 7.99. The molecule has 2 rings (SSSR count). The lowest BCUT2D eigenvalue weighted by atomic mass is 9.96. The van der Waals surface area contributed by atoms with Crippen LogP contribution in [-0.4, -0.2) is 11.3 Å². The van der Waals surface area contributed by atoms with Gasteiger partial charge in [-0.1, -0.05) is 6.42 Å². The van der Waals surface area contributed by atoms with Crippen molar-refractivity contribution in [2.75, 3.05) is 0 Å². The second kappa shape index (κ2) is 5.28. The Balaban J connectivity index is 1.77. The maximum Gasteiger partial charge on any atom is 0.193 e. The highest BCUT2D eigenvalue weighted by Crippen LogP contribution is 2.30. The van der Waals surface area contributed by atoms with Crippen LogP contribution in [0.25, 0.3) is 0 Å². The summed E-state index contributed by atoms with van der Waals surface area (Å²) < 4.78 is 5.31. The molecule has 1 fully saturated rings. The average molecular weight is 246 g/mol. The van der Waals surface area contributed by atoms with Crippen molar-refractivity contribution in [3.8, 4) is 0 Å². The molecule has 1 heterocycles. The Morgan fingerprint density at radius 1 is 1.47 bits per heavy atom. The number of nitrogens with two attached hydrogens (primary N) is 1. The lowest BCUT2D eigenvalue weighted by Crippen LogP contribution is -2.29. The third kappa shape index (κ3) is 3.44. The van der Waals surface area contributed by atoms with E-state index in [0.717, 1.165) is 17.9 Å². The Morgan fingerprint density at radius 3 is 3.00 bits per heavy atom. The lowest BCUT2D eigenvalue weighted by molar-refractivity contribution is 0.450. The third-order valence-corrected chi connectivity index (χ3v) is 4.31. The molecular formula is C11H16ClNOS. The maximum absolute atomic E-state index is 5.94. The highest BCUT2D eigenvalue weighted by Gasteiger charge is 2.19. The summed E-state index contributed by atoms with van der Waals surface area (Å²) in [5, 5.41) is 1.17. The molecule has 0 radical (unpaired) electrons. The van der Waals surface area contributed by atoms with Gasteiger partial charge in [-0.3, -0.25) is 0 Å². The van der Waals surface area contributed by atoms with E-state index in [4.69, 9.17) is 21.8 Å². The van der Waals surface area contributed by atoms with Gasteiger partial charge in [-0.25, -0.2) is 0 Å². The molecule has 2 atom stereocenters. The van der Waals surface area contributed by atoms with Crippen LogP contribution in [0.2, 0.25) is 5.22 Å². The summed E-state index contributed by atoms with van der Waals surface area (Å²) in [6, 6.07) is 4.14. The predicted molar refractivity (Wildman–Crippen MR) is 65.2 cm³/mol. The molecule has 0 saturated heterocycles. The zero-order valence-corrected chi connectivity index (χ0v) is 10.2. The number of thioether (sulfide) groups is 1. The van der Waals surface area contributed by atoms with Crippen molar-refractivity contribution in [3.05, 3.63) is 23.1 Å². The van der Waals surface area contributed by atoms with Crippen LogP contribution in [-0.2, 0) is 5.75 Å². The van der Waals surface area contributed by atoms with E-state index in [1.165, 1.54) is 19.3 Å². The molecule has 84 valence electrons. The molecule has 0 aromatic carbocycles. The molecule has 2 nitrogen and oxygen atoms in total. The van der Waals surface area contributed by atoms with Crippen molar-refractivity contribution in [1.82, 2.24) is 0 Å². The van der Waals surface area contributed by atoms with E-state index in [0.29, 0.717) is 16.5 Å². The minimum absolute atomic E-state index is 0.399. The molecular weight excluding hydrogens is 230 g/mol. The van der Waals surface area contributed by atoms with Gasteiger partial charge < -0.3 is 10.2 Å². The molecule has 0 amide bonds. The molecule has 2 N–H and O–H groups in total. The summed E-state index contributed by atoms with van der Waals surface area (Å²) >= 11 is 7.64. The fourth-order valence-corrected chi connectivity index (χ4v) is 3.40.